The minimum Gasteiger partial charge on any atom is -0.488 e. The van der Waals surface area contributed by atoms with E-state index in [0.717, 1.165) is 12.8 Å². The zero-order valence-electron chi connectivity index (χ0n) is 11.9. The van der Waals surface area contributed by atoms with Gasteiger partial charge in [-0.2, -0.15) is 0 Å². The monoisotopic (exact) mass is 278 g/mol. The van der Waals surface area contributed by atoms with Gasteiger partial charge in [0.05, 0.1) is 6.61 Å². The first-order valence-corrected chi connectivity index (χ1v) is 7.32. The quantitative estimate of drug-likeness (QED) is 0.891. The maximum atomic E-state index is 12.0. The van der Waals surface area contributed by atoms with E-state index in [1.807, 2.05) is 6.92 Å². The van der Waals surface area contributed by atoms with Crippen LogP contribution in [0.25, 0.3) is 0 Å². The molecular formula is C15H22N2O3. The standard InChI is InChI=1S/C15H22N2O3/c1-2-20-13-9-6-10-17(15(13)19)11-14(18)16-12-7-4-3-5-8-12/h6,9-10,12H,2-5,7-8,11H2,1H3,(H,16,18). The average Bonchev–Trinajstić information content (AvgIpc) is 2.44. The van der Waals surface area contributed by atoms with Crippen LogP contribution in [0.5, 0.6) is 5.75 Å². The summed E-state index contributed by atoms with van der Waals surface area (Å²) in [7, 11) is 0. The number of hydrogen-bond donors (Lipinski definition) is 1. The van der Waals surface area contributed by atoms with Crippen LogP contribution in [0.15, 0.2) is 23.1 Å². The Labute approximate surface area is 118 Å². The van der Waals surface area contributed by atoms with Crippen LogP contribution in [-0.4, -0.2) is 23.1 Å². The number of rotatable bonds is 5. The Morgan fingerprint density at radius 3 is 2.85 bits per heavy atom. The van der Waals surface area contributed by atoms with E-state index in [1.165, 1.54) is 23.8 Å². The second kappa shape index (κ2) is 7.12. The fourth-order valence-corrected chi connectivity index (χ4v) is 2.58. The molecule has 1 heterocycles. The van der Waals surface area contributed by atoms with Gasteiger partial charge in [-0.3, -0.25) is 9.59 Å². The van der Waals surface area contributed by atoms with E-state index in [0.29, 0.717) is 12.4 Å². The summed E-state index contributed by atoms with van der Waals surface area (Å²) < 4.78 is 6.64. The van der Waals surface area contributed by atoms with Crippen LogP contribution in [0.1, 0.15) is 39.0 Å². The van der Waals surface area contributed by atoms with E-state index in [2.05, 4.69) is 5.32 Å². The molecule has 0 saturated heterocycles. The number of ether oxygens (including phenoxy) is 1. The van der Waals surface area contributed by atoms with Crippen molar-refractivity contribution in [3.8, 4) is 5.75 Å². The molecule has 1 fully saturated rings. The summed E-state index contributed by atoms with van der Waals surface area (Å²) >= 11 is 0. The first kappa shape index (κ1) is 14.6. The molecule has 20 heavy (non-hydrogen) atoms. The van der Waals surface area contributed by atoms with Crippen LogP contribution in [0.3, 0.4) is 0 Å². The average molecular weight is 278 g/mol. The van der Waals surface area contributed by atoms with Crippen LogP contribution in [0, 0.1) is 0 Å². The van der Waals surface area contributed by atoms with E-state index in [4.69, 9.17) is 4.74 Å². The summed E-state index contributed by atoms with van der Waals surface area (Å²) in [5, 5.41) is 3.01. The van der Waals surface area contributed by atoms with Gasteiger partial charge in [0.1, 0.15) is 6.54 Å². The van der Waals surface area contributed by atoms with Crippen molar-refractivity contribution in [2.75, 3.05) is 6.61 Å². The van der Waals surface area contributed by atoms with Crippen molar-refractivity contribution in [3.63, 3.8) is 0 Å². The number of aromatic nitrogens is 1. The van der Waals surface area contributed by atoms with Gasteiger partial charge in [-0.25, -0.2) is 0 Å². The molecule has 1 saturated carbocycles. The second-order valence-electron chi connectivity index (χ2n) is 5.14. The summed E-state index contributed by atoms with van der Waals surface area (Å²) in [4.78, 5) is 24.0. The fourth-order valence-electron chi connectivity index (χ4n) is 2.58. The van der Waals surface area contributed by atoms with E-state index in [9.17, 15) is 9.59 Å². The van der Waals surface area contributed by atoms with E-state index >= 15 is 0 Å². The van der Waals surface area contributed by atoms with Gasteiger partial charge in [-0.05, 0) is 31.9 Å². The molecule has 0 aromatic carbocycles. The predicted octanol–water partition coefficient (Wildman–Crippen LogP) is 1.70. The first-order valence-electron chi connectivity index (χ1n) is 7.32. The van der Waals surface area contributed by atoms with Gasteiger partial charge in [0.2, 0.25) is 5.91 Å². The molecule has 2 rings (SSSR count). The van der Waals surface area contributed by atoms with Gasteiger partial charge in [-0.15, -0.1) is 0 Å². The molecule has 0 bridgehead atoms. The van der Waals surface area contributed by atoms with Gasteiger partial charge in [0.15, 0.2) is 5.75 Å². The lowest BCUT2D eigenvalue weighted by Gasteiger charge is -2.22. The predicted molar refractivity (Wildman–Crippen MR) is 76.9 cm³/mol. The molecule has 110 valence electrons. The zero-order chi connectivity index (χ0) is 14.4. The van der Waals surface area contributed by atoms with Crippen molar-refractivity contribution in [2.24, 2.45) is 0 Å². The number of nitrogens with zero attached hydrogens (tertiary/aromatic N) is 1. The Balaban J connectivity index is 1.96. The number of nitrogens with one attached hydrogen (secondary N) is 1. The third kappa shape index (κ3) is 3.85. The fraction of sp³-hybridized carbons (Fsp3) is 0.600. The lowest BCUT2D eigenvalue weighted by atomic mass is 9.95. The highest BCUT2D eigenvalue weighted by molar-refractivity contribution is 5.76. The largest absolute Gasteiger partial charge is 0.488 e. The number of hydrogen-bond acceptors (Lipinski definition) is 3. The lowest BCUT2D eigenvalue weighted by molar-refractivity contribution is -0.122. The van der Waals surface area contributed by atoms with Crippen molar-refractivity contribution in [1.82, 2.24) is 9.88 Å². The molecule has 1 amide bonds. The second-order valence-corrected chi connectivity index (χ2v) is 5.14. The van der Waals surface area contributed by atoms with Crippen molar-refractivity contribution in [1.29, 1.82) is 0 Å². The Bertz CT molecular complexity index is 504. The molecule has 1 N–H and O–H groups in total. The van der Waals surface area contributed by atoms with Crippen molar-refractivity contribution in [2.45, 2.75) is 51.6 Å². The Hall–Kier alpha value is -1.78. The summed E-state index contributed by atoms with van der Waals surface area (Å²) in [5.41, 5.74) is -0.256. The molecule has 0 radical (unpaired) electrons. The maximum absolute atomic E-state index is 12.0. The summed E-state index contributed by atoms with van der Waals surface area (Å²) in [6.45, 7) is 2.32. The van der Waals surface area contributed by atoms with Crippen LogP contribution in [-0.2, 0) is 11.3 Å². The molecule has 1 aromatic heterocycles. The maximum Gasteiger partial charge on any atom is 0.293 e. The molecule has 0 atom stereocenters. The Morgan fingerprint density at radius 2 is 2.15 bits per heavy atom. The molecule has 1 aromatic rings. The van der Waals surface area contributed by atoms with Gasteiger partial charge >= 0.3 is 0 Å². The minimum absolute atomic E-state index is 0.0518. The van der Waals surface area contributed by atoms with Crippen molar-refractivity contribution >= 4 is 5.91 Å². The molecule has 1 aliphatic rings. The first-order chi connectivity index (χ1) is 9.70. The lowest BCUT2D eigenvalue weighted by Crippen LogP contribution is -2.39. The van der Waals surface area contributed by atoms with E-state index in [-0.39, 0.29) is 24.1 Å². The highest BCUT2D eigenvalue weighted by atomic mass is 16.5. The smallest absolute Gasteiger partial charge is 0.293 e. The normalized spacial score (nSPS) is 15.8. The van der Waals surface area contributed by atoms with Crippen LogP contribution < -0.4 is 15.6 Å². The molecule has 0 unspecified atom stereocenters. The summed E-state index contributed by atoms with van der Waals surface area (Å²) in [5.74, 6) is 0.188. The Morgan fingerprint density at radius 1 is 1.40 bits per heavy atom. The van der Waals surface area contributed by atoms with Gasteiger partial charge in [0.25, 0.3) is 5.56 Å². The molecular weight excluding hydrogens is 256 g/mol. The highest BCUT2D eigenvalue weighted by Crippen LogP contribution is 2.17. The van der Waals surface area contributed by atoms with E-state index in [1.54, 1.807) is 18.3 Å². The molecule has 5 nitrogen and oxygen atoms in total. The van der Waals surface area contributed by atoms with Crippen molar-refractivity contribution < 1.29 is 9.53 Å². The summed E-state index contributed by atoms with van der Waals surface area (Å²) in [6.07, 6.45) is 7.29. The van der Waals surface area contributed by atoms with Gasteiger partial charge in [0, 0.05) is 12.2 Å². The third-order valence-corrected chi connectivity index (χ3v) is 3.57. The number of carbonyl (C=O) groups excluding carboxylic acids is 1. The van der Waals surface area contributed by atoms with Crippen LogP contribution >= 0.6 is 0 Å². The number of amides is 1. The number of carbonyl (C=O) groups is 1. The molecule has 5 heteroatoms. The number of pyridine rings is 1. The van der Waals surface area contributed by atoms with Crippen molar-refractivity contribution in [3.05, 3.63) is 28.7 Å². The highest BCUT2D eigenvalue weighted by Gasteiger charge is 2.16. The van der Waals surface area contributed by atoms with Gasteiger partial charge < -0.3 is 14.6 Å². The summed E-state index contributed by atoms with van der Waals surface area (Å²) in [6, 6.07) is 3.61. The Kier molecular flexibility index (Phi) is 5.21. The molecule has 0 aliphatic heterocycles. The SMILES string of the molecule is CCOc1cccn(CC(=O)NC2CCCCC2)c1=O. The van der Waals surface area contributed by atoms with E-state index < -0.39 is 0 Å². The van der Waals surface area contributed by atoms with Crippen LogP contribution in [0.4, 0.5) is 0 Å². The minimum atomic E-state index is -0.256. The molecule has 0 spiro atoms. The molecule has 1 aliphatic carbocycles. The topological polar surface area (TPSA) is 60.3 Å². The zero-order valence-corrected chi connectivity index (χ0v) is 11.9. The third-order valence-electron chi connectivity index (χ3n) is 3.57. The van der Waals surface area contributed by atoms with Crippen LogP contribution in [0.2, 0.25) is 0 Å². The van der Waals surface area contributed by atoms with Gasteiger partial charge in [-0.1, -0.05) is 19.3 Å².